The molecule has 86 valence electrons. The zero-order chi connectivity index (χ0) is 11.5. The van der Waals surface area contributed by atoms with Gasteiger partial charge >= 0.3 is 0 Å². The second-order valence-electron chi connectivity index (χ2n) is 3.80. The van der Waals surface area contributed by atoms with Gasteiger partial charge < -0.3 is 4.90 Å². The number of benzene rings is 1. The minimum Gasteiger partial charge on any atom is -0.372 e. The van der Waals surface area contributed by atoms with Gasteiger partial charge in [-0.05, 0) is 32.4 Å². The third kappa shape index (κ3) is 1.64. The number of hydrogen-bond donors (Lipinski definition) is 1. The second-order valence-corrected chi connectivity index (χ2v) is 3.80. The molecule has 0 saturated carbocycles. The van der Waals surface area contributed by atoms with E-state index >= 15 is 0 Å². The lowest BCUT2D eigenvalue weighted by Gasteiger charge is -2.23. The van der Waals surface area contributed by atoms with Crippen molar-refractivity contribution in [3.05, 3.63) is 17.7 Å². The van der Waals surface area contributed by atoms with E-state index in [1.807, 2.05) is 0 Å². The van der Waals surface area contributed by atoms with Crippen LogP contribution >= 0.6 is 0 Å². The SMILES string of the molecule is CCc1c(N(CC)CC)ccc2[nH]nnc12. The maximum absolute atomic E-state index is 4.17. The van der Waals surface area contributed by atoms with Crippen molar-refractivity contribution in [2.24, 2.45) is 0 Å². The average Bonchev–Trinajstić information content (AvgIpc) is 2.78. The standard InChI is InChI=1S/C12H18N4/c1-4-9-11(16(5-2)6-3)8-7-10-12(9)14-15-13-10/h7-8H,4-6H2,1-3H3,(H,13,14,15). The highest BCUT2D eigenvalue weighted by atomic mass is 15.3. The van der Waals surface area contributed by atoms with Crippen LogP contribution in [0.4, 0.5) is 5.69 Å². The third-order valence-electron chi connectivity index (χ3n) is 3.04. The molecular weight excluding hydrogens is 200 g/mol. The molecule has 1 aromatic carbocycles. The summed E-state index contributed by atoms with van der Waals surface area (Å²) in [6, 6.07) is 4.22. The Kier molecular flexibility index (Phi) is 3.08. The molecule has 0 fully saturated rings. The van der Waals surface area contributed by atoms with Gasteiger partial charge in [0.2, 0.25) is 0 Å². The summed E-state index contributed by atoms with van der Waals surface area (Å²) in [6.07, 6.45) is 0.982. The van der Waals surface area contributed by atoms with E-state index in [1.165, 1.54) is 11.3 Å². The van der Waals surface area contributed by atoms with Gasteiger partial charge in [0.05, 0.1) is 5.52 Å². The second kappa shape index (κ2) is 4.51. The number of H-pyrrole nitrogens is 1. The number of nitrogens with zero attached hydrogens (tertiary/aromatic N) is 3. The van der Waals surface area contributed by atoms with Crippen molar-refractivity contribution in [3.8, 4) is 0 Å². The molecule has 4 nitrogen and oxygen atoms in total. The fourth-order valence-electron chi connectivity index (χ4n) is 2.17. The number of aromatic amines is 1. The van der Waals surface area contributed by atoms with Crippen molar-refractivity contribution < 1.29 is 0 Å². The van der Waals surface area contributed by atoms with Gasteiger partial charge in [0.1, 0.15) is 5.52 Å². The highest BCUT2D eigenvalue weighted by Gasteiger charge is 2.12. The van der Waals surface area contributed by atoms with E-state index in [9.17, 15) is 0 Å². The Morgan fingerprint density at radius 3 is 2.56 bits per heavy atom. The van der Waals surface area contributed by atoms with Gasteiger partial charge in [-0.1, -0.05) is 12.1 Å². The summed E-state index contributed by atoms with van der Waals surface area (Å²) < 4.78 is 0. The van der Waals surface area contributed by atoms with Gasteiger partial charge in [-0.25, -0.2) is 0 Å². The molecule has 0 amide bonds. The number of hydrogen-bond acceptors (Lipinski definition) is 3. The molecule has 0 atom stereocenters. The fraction of sp³-hybridized carbons (Fsp3) is 0.500. The molecule has 0 spiro atoms. The first-order chi connectivity index (χ1) is 7.81. The van der Waals surface area contributed by atoms with Crippen LogP contribution in [0.3, 0.4) is 0 Å². The molecule has 0 saturated heterocycles. The van der Waals surface area contributed by atoms with E-state index in [4.69, 9.17) is 0 Å². The van der Waals surface area contributed by atoms with Crippen molar-refractivity contribution in [3.63, 3.8) is 0 Å². The molecule has 2 rings (SSSR count). The molecule has 0 aliphatic heterocycles. The molecule has 1 aromatic heterocycles. The Morgan fingerprint density at radius 2 is 1.94 bits per heavy atom. The van der Waals surface area contributed by atoms with Crippen LogP contribution in [0.25, 0.3) is 11.0 Å². The Bertz CT molecular complexity index is 471. The smallest absolute Gasteiger partial charge is 0.118 e. The molecule has 1 N–H and O–H groups in total. The summed E-state index contributed by atoms with van der Waals surface area (Å²) in [7, 11) is 0. The lowest BCUT2D eigenvalue weighted by molar-refractivity contribution is 0.857. The van der Waals surface area contributed by atoms with E-state index in [2.05, 4.69) is 53.2 Å². The normalized spacial score (nSPS) is 10.9. The number of rotatable bonds is 4. The van der Waals surface area contributed by atoms with Gasteiger partial charge in [-0.2, -0.15) is 0 Å². The van der Waals surface area contributed by atoms with Crippen LogP contribution in [-0.2, 0) is 6.42 Å². The predicted molar refractivity (Wildman–Crippen MR) is 66.8 cm³/mol. The highest BCUT2D eigenvalue weighted by Crippen LogP contribution is 2.26. The molecule has 0 bridgehead atoms. The Morgan fingerprint density at radius 1 is 1.19 bits per heavy atom. The van der Waals surface area contributed by atoms with Crippen LogP contribution in [0, 0.1) is 0 Å². The Hall–Kier alpha value is -1.58. The van der Waals surface area contributed by atoms with Crippen LogP contribution in [0.15, 0.2) is 12.1 Å². The zero-order valence-corrected chi connectivity index (χ0v) is 10.1. The largest absolute Gasteiger partial charge is 0.372 e. The number of nitrogens with one attached hydrogen (secondary N) is 1. The molecular formula is C12H18N4. The van der Waals surface area contributed by atoms with E-state index < -0.39 is 0 Å². The number of aromatic nitrogens is 3. The molecule has 0 radical (unpaired) electrons. The van der Waals surface area contributed by atoms with E-state index in [1.54, 1.807) is 0 Å². The van der Waals surface area contributed by atoms with Gasteiger partial charge in [-0.15, -0.1) is 5.10 Å². The molecule has 0 unspecified atom stereocenters. The Balaban J connectivity index is 2.59. The lowest BCUT2D eigenvalue weighted by Crippen LogP contribution is -2.23. The van der Waals surface area contributed by atoms with Gasteiger partial charge in [0.25, 0.3) is 0 Å². The lowest BCUT2D eigenvalue weighted by atomic mass is 10.1. The maximum Gasteiger partial charge on any atom is 0.118 e. The highest BCUT2D eigenvalue weighted by molar-refractivity contribution is 5.83. The van der Waals surface area contributed by atoms with Crippen LogP contribution in [-0.4, -0.2) is 28.5 Å². The predicted octanol–water partition coefficient (Wildman–Crippen LogP) is 2.37. The first-order valence-electron chi connectivity index (χ1n) is 5.89. The van der Waals surface area contributed by atoms with Crippen molar-refractivity contribution in [1.29, 1.82) is 0 Å². The number of aryl methyl sites for hydroxylation is 1. The van der Waals surface area contributed by atoms with Crippen LogP contribution < -0.4 is 4.90 Å². The monoisotopic (exact) mass is 218 g/mol. The summed E-state index contributed by atoms with van der Waals surface area (Å²) >= 11 is 0. The first-order valence-corrected chi connectivity index (χ1v) is 5.89. The van der Waals surface area contributed by atoms with Crippen LogP contribution in [0.5, 0.6) is 0 Å². The van der Waals surface area contributed by atoms with E-state index in [0.29, 0.717) is 0 Å². The minimum atomic E-state index is 0.982. The van der Waals surface area contributed by atoms with Crippen LogP contribution in [0.1, 0.15) is 26.3 Å². The topological polar surface area (TPSA) is 44.8 Å². The summed E-state index contributed by atoms with van der Waals surface area (Å²) in [6.45, 7) is 8.56. The summed E-state index contributed by atoms with van der Waals surface area (Å²) in [5.74, 6) is 0. The van der Waals surface area contributed by atoms with Crippen molar-refractivity contribution >= 4 is 16.7 Å². The average molecular weight is 218 g/mol. The maximum atomic E-state index is 4.17. The number of anilines is 1. The van der Waals surface area contributed by atoms with Crippen LogP contribution in [0.2, 0.25) is 0 Å². The molecule has 0 aliphatic rings. The van der Waals surface area contributed by atoms with Crippen molar-refractivity contribution in [2.45, 2.75) is 27.2 Å². The Labute approximate surface area is 95.6 Å². The summed E-state index contributed by atoms with van der Waals surface area (Å²) in [5.41, 5.74) is 4.60. The molecule has 2 aromatic rings. The summed E-state index contributed by atoms with van der Waals surface area (Å²) in [4.78, 5) is 2.35. The number of fused-ring (bicyclic) bond motifs is 1. The first kappa shape index (κ1) is 10.9. The quantitative estimate of drug-likeness (QED) is 0.856. The van der Waals surface area contributed by atoms with E-state index in [0.717, 1.165) is 30.5 Å². The van der Waals surface area contributed by atoms with Gasteiger partial charge in [0, 0.05) is 24.3 Å². The zero-order valence-electron chi connectivity index (χ0n) is 10.1. The molecule has 4 heteroatoms. The third-order valence-corrected chi connectivity index (χ3v) is 3.04. The minimum absolute atomic E-state index is 0.982. The van der Waals surface area contributed by atoms with Crippen molar-refractivity contribution in [2.75, 3.05) is 18.0 Å². The van der Waals surface area contributed by atoms with Gasteiger partial charge in [-0.3, -0.25) is 5.10 Å². The van der Waals surface area contributed by atoms with Gasteiger partial charge in [0.15, 0.2) is 0 Å². The molecule has 1 heterocycles. The molecule has 0 aliphatic carbocycles. The van der Waals surface area contributed by atoms with E-state index in [-0.39, 0.29) is 0 Å². The van der Waals surface area contributed by atoms with Crippen molar-refractivity contribution in [1.82, 2.24) is 15.4 Å². The summed E-state index contributed by atoms with van der Waals surface area (Å²) in [5, 5.41) is 11.0. The fourth-order valence-corrected chi connectivity index (χ4v) is 2.17. The molecule has 16 heavy (non-hydrogen) atoms.